The maximum Gasteiger partial charge on any atom is 0.139 e. The second kappa shape index (κ2) is 2.82. The first-order chi connectivity index (χ1) is 6.78. The van der Waals surface area contributed by atoms with E-state index in [1.54, 1.807) is 0 Å². The summed E-state index contributed by atoms with van der Waals surface area (Å²) in [6, 6.07) is 0. The van der Waals surface area contributed by atoms with Gasteiger partial charge in [0.15, 0.2) is 0 Å². The van der Waals surface area contributed by atoms with E-state index in [2.05, 4.69) is 12.2 Å². The van der Waals surface area contributed by atoms with Crippen LogP contribution in [0.4, 0.5) is 0 Å². The van der Waals surface area contributed by atoms with Crippen molar-refractivity contribution >= 4 is 5.78 Å². The Morgan fingerprint density at radius 1 is 1.36 bits per heavy atom. The summed E-state index contributed by atoms with van der Waals surface area (Å²) in [5, 5.41) is 3.48. The van der Waals surface area contributed by atoms with Crippen LogP contribution in [0, 0.1) is 23.2 Å². The lowest BCUT2D eigenvalue weighted by atomic mass is 9.36. The highest BCUT2D eigenvalue weighted by molar-refractivity contribution is 5.87. The van der Waals surface area contributed by atoms with Gasteiger partial charge in [-0.2, -0.15) is 0 Å². The predicted molar refractivity (Wildman–Crippen MR) is 54.9 cm³/mol. The average Bonchev–Trinajstić information content (AvgIpc) is 2.07. The van der Waals surface area contributed by atoms with Crippen LogP contribution in [0.2, 0.25) is 0 Å². The minimum Gasteiger partial charge on any atom is -0.316 e. The summed E-state index contributed by atoms with van der Waals surface area (Å²) in [4.78, 5) is 12.0. The van der Waals surface area contributed by atoms with E-state index >= 15 is 0 Å². The topological polar surface area (TPSA) is 29.1 Å². The fourth-order valence-corrected chi connectivity index (χ4v) is 4.25. The van der Waals surface area contributed by atoms with Crippen molar-refractivity contribution in [2.24, 2.45) is 23.2 Å². The van der Waals surface area contributed by atoms with Crippen LogP contribution in [0.25, 0.3) is 0 Å². The Labute approximate surface area is 85.4 Å². The molecule has 2 saturated carbocycles. The zero-order valence-electron chi connectivity index (χ0n) is 8.88. The molecule has 0 radical (unpaired) electrons. The maximum atomic E-state index is 12.0. The molecule has 2 unspecified atom stereocenters. The highest BCUT2D eigenvalue weighted by Crippen LogP contribution is 2.68. The van der Waals surface area contributed by atoms with Gasteiger partial charge in [-0.25, -0.2) is 0 Å². The highest BCUT2D eigenvalue weighted by atomic mass is 16.1. The van der Waals surface area contributed by atoms with Crippen molar-refractivity contribution in [3.05, 3.63) is 0 Å². The highest BCUT2D eigenvalue weighted by Gasteiger charge is 2.68. The van der Waals surface area contributed by atoms with Gasteiger partial charge in [-0.15, -0.1) is 0 Å². The average molecular weight is 193 g/mol. The number of piperidine rings is 1. The van der Waals surface area contributed by atoms with Crippen LogP contribution in [0.15, 0.2) is 0 Å². The van der Waals surface area contributed by atoms with E-state index < -0.39 is 0 Å². The lowest BCUT2D eigenvalue weighted by Gasteiger charge is -2.69. The third-order valence-corrected chi connectivity index (χ3v) is 4.75. The van der Waals surface area contributed by atoms with E-state index in [9.17, 15) is 4.79 Å². The van der Waals surface area contributed by atoms with Gasteiger partial charge in [-0.1, -0.05) is 6.92 Å². The maximum absolute atomic E-state index is 12.0. The van der Waals surface area contributed by atoms with Gasteiger partial charge >= 0.3 is 0 Å². The van der Waals surface area contributed by atoms with E-state index in [0.717, 1.165) is 30.6 Å². The lowest BCUT2D eigenvalue weighted by molar-refractivity contribution is -0.202. The first kappa shape index (κ1) is 8.90. The van der Waals surface area contributed by atoms with Crippen LogP contribution in [0.3, 0.4) is 0 Å². The molecule has 1 aliphatic heterocycles. The summed E-state index contributed by atoms with van der Waals surface area (Å²) in [6.45, 7) is 4.45. The molecule has 3 rings (SSSR count). The molecule has 0 aromatic heterocycles. The number of hydrogen-bond acceptors (Lipinski definition) is 2. The quantitative estimate of drug-likeness (QED) is 0.737. The van der Waals surface area contributed by atoms with Gasteiger partial charge in [-0.05, 0) is 50.1 Å². The van der Waals surface area contributed by atoms with Crippen molar-refractivity contribution in [3.63, 3.8) is 0 Å². The fraction of sp³-hybridized carbons (Fsp3) is 0.917. The summed E-state index contributed by atoms with van der Waals surface area (Å²) < 4.78 is 0. The molecule has 14 heavy (non-hydrogen) atoms. The Morgan fingerprint density at radius 3 is 2.57 bits per heavy atom. The minimum atomic E-state index is 0.188. The van der Waals surface area contributed by atoms with E-state index in [1.165, 1.54) is 25.9 Å². The molecular weight excluding hydrogens is 174 g/mol. The molecule has 78 valence electrons. The van der Waals surface area contributed by atoms with E-state index in [1.807, 2.05) is 0 Å². The van der Waals surface area contributed by atoms with Crippen LogP contribution in [0.5, 0.6) is 0 Å². The molecule has 3 aliphatic rings. The smallest absolute Gasteiger partial charge is 0.139 e. The zero-order valence-corrected chi connectivity index (χ0v) is 8.88. The second-order valence-electron chi connectivity index (χ2n) is 5.44. The van der Waals surface area contributed by atoms with Crippen molar-refractivity contribution in [2.75, 3.05) is 13.1 Å². The van der Waals surface area contributed by atoms with Gasteiger partial charge in [0.1, 0.15) is 5.78 Å². The van der Waals surface area contributed by atoms with Gasteiger partial charge in [-0.3, -0.25) is 4.79 Å². The first-order valence-corrected chi connectivity index (χ1v) is 6.02. The molecule has 2 atom stereocenters. The summed E-state index contributed by atoms with van der Waals surface area (Å²) >= 11 is 0. The molecule has 0 bridgehead atoms. The molecule has 0 amide bonds. The molecular formula is C12H19NO. The predicted octanol–water partition coefficient (Wildman–Crippen LogP) is 1.60. The number of hydrogen-bond donors (Lipinski definition) is 1. The molecule has 0 spiro atoms. The van der Waals surface area contributed by atoms with Crippen LogP contribution in [0.1, 0.15) is 32.6 Å². The summed E-state index contributed by atoms with van der Waals surface area (Å²) in [6.07, 6.45) is 4.24. The standard InChI is InChI=1S/C12H19NO/c1-2-3-10(14)12-4-8-6-13-7-9(5-12)11(8)12/h8-9,11,13H,2-7H2,1H3. The van der Waals surface area contributed by atoms with Crippen LogP contribution >= 0.6 is 0 Å². The fourth-order valence-electron chi connectivity index (χ4n) is 4.25. The molecule has 3 fully saturated rings. The number of rotatable bonds is 3. The van der Waals surface area contributed by atoms with Crippen LogP contribution < -0.4 is 5.32 Å². The van der Waals surface area contributed by atoms with E-state index in [4.69, 9.17) is 0 Å². The van der Waals surface area contributed by atoms with Gasteiger partial charge in [0.05, 0.1) is 0 Å². The largest absolute Gasteiger partial charge is 0.316 e. The van der Waals surface area contributed by atoms with Crippen LogP contribution in [-0.4, -0.2) is 18.9 Å². The Bertz CT molecular complexity index is 259. The second-order valence-corrected chi connectivity index (χ2v) is 5.44. The van der Waals surface area contributed by atoms with E-state index in [0.29, 0.717) is 5.78 Å². The van der Waals surface area contributed by atoms with Crippen LogP contribution in [-0.2, 0) is 4.79 Å². The Kier molecular flexibility index (Phi) is 1.79. The molecule has 1 N–H and O–H groups in total. The number of carbonyl (C=O) groups is 1. The normalized spacial score (nSPS) is 48.8. The number of nitrogens with one attached hydrogen (secondary N) is 1. The molecule has 1 saturated heterocycles. The van der Waals surface area contributed by atoms with Crippen molar-refractivity contribution < 1.29 is 4.79 Å². The van der Waals surface area contributed by atoms with Crippen molar-refractivity contribution in [3.8, 4) is 0 Å². The van der Waals surface area contributed by atoms with Gasteiger partial charge < -0.3 is 5.32 Å². The Morgan fingerprint density at radius 2 is 2.00 bits per heavy atom. The summed E-state index contributed by atoms with van der Waals surface area (Å²) in [5.74, 6) is 3.04. The molecule has 0 aromatic carbocycles. The number of ketones is 1. The number of carbonyl (C=O) groups excluding carboxylic acids is 1. The monoisotopic (exact) mass is 193 g/mol. The third kappa shape index (κ3) is 0.881. The Balaban J connectivity index is 1.74. The third-order valence-electron chi connectivity index (χ3n) is 4.75. The first-order valence-electron chi connectivity index (χ1n) is 6.02. The molecule has 2 aliphatic carbocycles. The van der Waals surface area contributed by atoms with Gasteiger partial charge in [0, 0.05) is 11.8 Å². The minimum absolute atomic E-state index is 0.188. The van der Waals surface area contributed by atoms with Crippen molar-refractivity contribution in [1.82, 2.24) is 5.32 Å². The summed E-state index contributed by atoms with van der Waals surface area (Å²) in [5.41, 5.74) is 0.188. The van der Waals surface area contributed by atoms with Gasteiger partial charge in [0.25, 0.3) is 0 Å². The zero-order chi connectivity index (χ0) is 9.76. The SMILES string of the molecule is CCCC(=O)C12CC3CNCC(C1)C32. The van der Waals surface area contributed by atoms with Crippen molar-refractivity contribution in [2.45, 2.75) is 32.6 Å². The molecule has 2 heteroatoms. The van der Waals surface area contributed by atoms with Crippen molar-refractivity contribution in [1.29, 1.82) is 0 Å². The summed E-state index contributed by atoms with van der Waals surface area (Å²) in [7, 11) is 0. The van der Waals surface area contributed by atoms with Gasteiger partial charge in [0.2, 0.25) is 0 Å². The molecule has 0 aromatic rings. The number of Topliss-reactive ketones (excluding diaryl/α,β-unsaturated/α-hetero) is 1. The molecule has 1 heterocycles. The van der Waals surface area contributed by atoms with E-state index in [-0.39, 0.29) is 5.41 Å². The molecule has 2 nitrogen and oxygen atoms in total. The Hall–Kier alpha value is -0.370. The lowest BCUT2D eigenvalue weighted by Crippen LogP contribution is -2.71.